The fourth-order valence-electron chi connectivity index (χ4n) is 15.9. The maximum absolute atomic E-state index is 13.9. The number of amides is 3. The van der Waals surface area contributed by atoms with Gasteiger partial charge in [-0.1, -0.05) is 52.0 Å². The van der Waals surface area contributed by atoms with Crippen molar-refractivity contribution in [3.8, 4) is 0 Å². The van der Waals surface area contributed by atoms with Crippen molar-refractivity contribution in [2.45, 2.75) is 188 Å². The second-order valence-corrected chi connectivity index (χ2v) is 24.8. The van der Waals surface area contributed by atoms with Crippen molar-refractivity contribution in [2.24, 2.45) is 106 Å². The molecule has 24 heteroatoms. The summed E-state index contributed by atoms with van der Waals surface area (Å²) in [5.74, 6) is -3.39. The van der Waals surface area contributed by atoms with Gasteiger partial charge in [-0.3, -0.25) is 38.9 Å². The molecular weight excluding hydrogens is 1010 g/mol. The van der Waals surface area contributed by atoms with Gasteiger partial charge in [0.05, 0.1) is 17.5 Å². The zero-order valence-corrected chi connectivity index (χ0v) is 47.4. The molecule has 5 fully saturated rings. The maximum Gasteiger partial charge on any atom is 0.326 e. The standard InChI is InChI=1S/C55H91N15O9/c1-31(2)33-18-23-55(47(77)78)25-24-53(6)34(43(33)55)15-16-39-52(5)21-20-40(51(3,4)38(52)19-22-54(39,53)7)79-42(72)17-14-32-29-70(69-68-32)30-41(71)65-35(11-8-26-62-48(56)57)44(73)66-36(12-9-27-63-49(58)59)45(74)67-37(46(75)76)13-10-28-64-50(60)61/h29,33-40,43H,1,8-28,30H2,2-7H3,(H,65,71)(H,66,73)(H,67,74)(H,75,76)(H,77,78)(H4,56,57,62)(H4,58,59,63)(H4,60,61,64)/t33-,34+,35-,36-,37-,38-,39+,40-,43+,52-,53+,54+,55-/m0/s1. The predicted octanol–water partition coefficient (Wildman–Crippen LogP) is 2.56. The number of carboxylic acids is 2. The Balaban J connectivity index is 1.05. The second kappa shape index (κ2) is 25.3. The lowest BCUT2D eigenvalue weighted by Crippen LogP contribution is -2.67. The summed E-state index contributed by atoms with van der Waals surface area (Å²) in [6, 6.07) is -3.78. The molecule has 79 heavy (non-hydrogen) atoms. The SMILES string of the molecule is C=C(C)[C@@H]1CC[C@]2(C(=O)O)CC[C@]3(C)[C@H](CC[C@@H]4[C@@]5(C)CC[C@H](OC(=O)CCc6cn(CC(=O)N[C@@H](CCCN=C(N)N)C(=O)N[C@@H](CCCN=C(N)N)C(=O)N[C@@H](CCCN=C(N)N)C(=O)O)nn6)C(C)(C)[C@@H]5CC[C@]43C)[C@@H]12. The number of aromatic nitrogens is 3. The van der Waals surface area contributed by atoms with Gasteiger partial charge in [0.2, 0.25) is 17.7 Å². The first-order chi connectivity index (χ1) is 37.1. The average molecular weight is 1110 g/mol. The number of hydrogen-bond acceptors (Lipinski definition) is 12. The van der Waals surface area contributed by atoms with Gasteiger partial charge in [0, 0.05) is 37.7 Å². The van der Waals surface area contributed by atoms with Crippen molar-refractivity contribution >= 4 is 53.5 Å². The van der Waals surface area contributed by atoms with Crippen LogP contribution in [-0.4, -0.2) is 123 Å². The van der Waals surface area contributed by atoms with E-state index in [4.69, 9.17) is 39.1 Å². The molecule has 0 unspecified atom stereocenters. The van der Waals surface area contributed by atoms with E-state index in [1.54, 1.807) is 6.20 Å². The van der Waals surface area contributed by atoms with Gasteiger partial charge < -0.3 is 65.3 Å². The number of hydrogen-bond donors (Lipinski definition) is 11. The number of fused-ring (bicyclic) bond motifs is 7. The number of nitrogens with zero attached hydrogens (tertiary/aromatic N) is 6. The molecule has 0 spiro atoms. The number of carbonyl (C=O) groups is 6. The van der Waals surface area contributed by atoms with Gasteiger partial charge in [0.1, 0.15) is 30.8 Å². The zero-order chi connectivity index (χ0) is 58.3. The molecule has 0 aliphatic heterocycles. The Bertz CT molecular complexity index is 2500. The van der Waals surface area contributed by atoms with Crippen LogP contribution in [0.5, 0.6) is 0 Å². The van der Waals surface area contributed by atoms with Gasteiger partial charge in [-0.2, -0.15) is 0 Å². The quantitative estimate of drug-likeness (QED) is 0.0209. The molecule has 0 saturated heterocycles. The second-order valence-electron chi connectivity index (χ2n) is 24.8. The Hall–Kier alpha value is -6.49. The number of carboxylic acid groups (broad SMARTS) is 2. The lowest BCUT2D eigenvalue weighted by molar-refractivity contribution is -0.250. The molecule has 5 aliphatic carbocycles. The highest BCUT2D eigenvalue weighted by molar-refractivity contribution is 5.93. The average Bonchev–Trinajstić information content (AvgIpc) is 4.13. The number of nitrogens with one attached hydrogen (secondary N) is 3. The van der Waals surface area contributed by atoms with Gasteiger partial charge in [0.25, 0.3) is 0 Å². The Morgan fingerprint density at radius 2 is 1.29 bits per heavy atom. The van der Waals surface area contributed by atoms with Crippen molar-refractivity contribution in [3.05, 3.63) is 24.0 Å². The molecular formula is C55H91N15O9. The minimum atomic E-state index is -1.33. The van der Waals surface area contributed by atoms with Crippen LogP contribution in [0.4, 0.5) is 0 Å². The number of aliphatic carboxylic acids is 2. The Morgan fingerprint density at radius 3 is 1.85 bits per heavy atom. The van der Waals surface area contributed by atoms with Crippen LogP contribution < -0.4 is 50.4 Å². The third-order valence-electron chi connectivity index (χ3n) is 19.9. The fourth-order valence-corrected chi connectivity index (χ4v) is 15.9. The van der Waals surface area contributed by atoms with Crippen molar-refractivity contribution in [1.29, 1.82) is 0 Å². The van der Waals surface area contributed by atoms with Gasteiger partial charge in [-0.25, -0.2) is 9.48 Å². The number of ether oxygens (including phenoxy) is 1. The summed E-state index contributed by atoms with van der Waals surface area (Å²) >= 11 is 0. The summed E-state index contributed by atoms with van der Waals surface area (Å²) in [5.41, 5.74) is 33.4. The highest BCUT2D eigenvalue weighted by Gasteiger charge is 2.72. The highest BCUT2D eigenvalue weighted by Crippen LogP contribution is 2.77. The van der Waals surface area contributed by atoms with Gasteiger partial charge in [-0.15, -0.1) is 5.10 Å². The van der Waals surface area contributed by atoms with Crippen molar-refractivity contribution in [1.82, 2.24) is 30.9 Å². The Morgan fingerprint density at radius 1 is 0.722 bits per heavy atom. The minimum absolute atomic E-state index is 0.00865. The van der Waals surface area contributed by atoms with E-state index in [0.717, 1.165) is 69.8 Å². The molecule has 1 aromatic rings. The van der Waals surface area contributed by atoms with E-state index in [1.807, 2.05) is 0 Å². The lowest BCUT2D eigenvalue weighted by atomic mass is 9.32. The van der Waals surface area contributed by atoms with E-state index in [-0.39, 0.29) is 141 Å². The Labute approximate surface area is 464 Å². The predicted molar refractivity (Wildman–Crippen MR) is 298 cm³/mol. The first kappa shape index (κ1) is 61.7. The van der Waals surface area contributed by atoms with E-state index in [9.17, 15) is 39.0 Å². The topological polar surface area (TPSA) is 412 Å². The van der Waals surface area contributed by atoms with Crippen LogP contribution in [0.2, 0.25) is 0 Å². The summed E-state index contributed by atoms with van der Waals surface area (Å²) in [4.78, 5) is 91.8. The smallest absolute Gasteiger partial charge is 0.326 e. The molecule has 0 radical (unpaired) electrons. The summed E-state index contributed by atoms with van der Waals surface area (Å²) in [5, 5.41) is 36.8. The van der Waals surface area contributed by atoms with Crippen molar-refractivity contribution in [2.75, 3.05) is 19.6 Å². The molecule has 13 atom stereocenters. The van der Waals surface area contributed by atoms with Gasteiger partial charge >= 0.3 is 17.9 Å². The summed E-state index contributed by atoms with van der Waals surface area (Å²) in [7, 11) is 0. The first-order valence-corrected chi connectivity index (χ1v) is 28.4. The van der Waals surface area contributed by atoms with Crippen molar-refractivity contribution in [3.63, 3.8) is 0 Å². The molecule has 5 aliphatic rings. The molecule has 0 bridgehead atoms. The van der Waals surface area contributed by atoms with E-state index >= 15 is 0 Å². The molecule has 3 amide bonds. The van der Waals surface area contributed by atoms with Crippen molar-refractivity contribution < 1.29 is 43.7 Å². The van der Waals surface area contributed by atoms with Crippen LogP contribution in [0.15, 0.2) is 33.3 Å². The first-order valence-electron chi connectivity index (χ1n) is 28.4. The van der Waals surface area contributed by atoms with Crippen LogP contribution in [0.3, 0.4) is 0 Å². The van der Waals surface area contributed by atoms with Gasteiger partial charge in [0.15, 0.2) is 17.9 Å². The van der Waals surface area contributed by atoms with Crippen LogP contribution in [0.1, 0.15) is 156 Å². The van der Waals surface area contributed by atoms with Crippen LogP contribution in [-0.2, 0) is 46.5 Å². The van der Waals surface area contributed by atoms with Crippen LogP contribution >= 0.6 is 0 Å². The monoisotopic (exact) mass is 1110 g/mol. The minimum Gasteiger partial charge on any atom is -0.481 e. The third kappa shape index (κ3) is 13.6. The van der Waals surface area contributed by atoms with E-state index < -0.39 is 53.2 Å². The van der Waals surface area contributed by atoms with E-state index in [2.05, 4.69) is 89.4 Å². The summed E-state index contributed by atoms with van der Waals surface area (Å²) in [6.45, 7) is 18.6. The number of allylic oxidation sites excluding steroid dienone is 1. The molecule has 0 aromatic carbocycles. The molecule has 1 aromatic heterocycles. The Kier molecular flexibility index (Phi) is 19.8. The summed E-state index contributed by atoms with van der Waals surface area (Å²) < 4.78 is 7.66. The molecule has 6 rings (SSSR count). The van der Waals surface area contributed by atoms with Crippen LogP contribution in [0.25, 0.3) is 0 Å². The molecule has 5 saturated carbocycles. The number of carbonyl (C=O) groups excluding carboxylic acids is 4. The summed E-state index contributed by atoms with van der Waals surface area (Å²) in [6.07, 6.45) is 11.5. The third-order valence-corrected chi connectivity index (χ3v) is 19.9. The van der Waals surface area contributed by atoms with E-state index in [1.165, 1.54) is 4.68 Å². The number of guanidine groups is 3. The molecule has 440 valence electrons. The number of nitrogens with two attached hydrogens (primary N) is 6. The number of aliphatic imine (C=N–C) groups is 3. The number of aryl methyl sites for hydroxylation is 1. The number of esters is 1. The highest BCUT2D eigenvalue weighted by atomic mass is 16.5. The maximum atomic E-state index is 13.9. The zero-order valence-electron chi connectivity index (χ0n) is 47.4. The lowest BCUT2D eigenvalue weighted by Gasteiger charge is -2.72. The molecule has 17 N–H and O–H groups in total. The molecule has 1 heterocycles. The number of rotatable bonds is 26. The molecule has 24 nitrogen and oxygen atoms in total. The largest absolute Gasteiger partial charge is 0.481 e. The van der Waals surface area contributed by atoms with Gasteiger partial charge in [-0.05, 0) is 155 Å². The fraction of sp³-hybridized carbons (Fsp3) is 0.764. The normalized spacial score (nSPS) is 30.4. The van der Waals surface area contributed by atoms with E-state index in [0.29, 0.717) is 23.4 Å². The van der Waals surface area contributed by atoms with Crippen LogP contribution in [0, 0.1) is 56.7 Å².